The van der Waals surface area contributed by atoms with Gasteiger partial charge in [-0.05, 0) is 32.9 Å². The van der Waals surface area contributed by atoms with E-state index in [4.69, 9.17) is 5.84 Å². The number of carbonyl (C=O) groups is 1. The number of para-hydroxylation sites is 1. The van der Waals surface area contributed by atoms with Crippen LogP contribution in [-0.2, 0) is 4.79 Å². The van der Waals surface area contributed by atoms with Crippen molar-refractivity contribution in [2.75, 3.05) is 10.7 Å². The molecule has 112 valence electrons. The number of nitrogens with two attached hydrogens (primary N) is 1. The fourth-order valence-corrected chi connectivity index (χ4v) is 1.93. The normalized spacial score (nSPS) is 12.2. The van der Waals surface area contributed by atoms with Gasteiger partial charge in [-0.1, -0.05) is 12.1 Å². The molecule has 1 unspecified atom stereocenters. The molecule has 0 aliphatic rings. The summed E-state index contributed by atoms with van der Waals surface area (Å²) >= 11 is 0. The molecule has 21 heavy (non-hydrogen) atoms. The zero-order chi connectivity index (χ0) is 15.4. The minimum Gasteiger partial charge on any atom is -0.358 e. The van der Waals surface area contributed by atoms with E-state index in [1.807, 2.05) is 38.1 Å². The maximum Gasteiger partial charge on any atom is 0.242 e. The number of nitrogens with zero attached hydrogens (tertiary/aromatic N) is 2. The number of anilines is 2. The van der Waals surface area contributed by atoms with E-state index in [1.54, 1.807) is 6.92 Å². The summed E-state index contributed by atoms with van der Waals surface area (Å²) < 4.78 is 0. The third-order valence-corrected chi connectivity index (χ3v) is 2.91. The Bertz CT molecular complexity index is 642. The van der Waals surface area contributed by atoms with Gasteiger partial charge in [0, 0.05) is 11.4 Å². The SMILES string of the molecule is CC(C)NC(=O)C(C)Nc1nc(NN)nc2ccccc12. The van der Waals surface area contributed by atoms with E-state index in [1.165, 1.54) is 0 Å². The van der Waals surface area contributed by atoms with Gasteiger partial charge >= 0.3 is 0 Å². The first-order valence-electron chi connectivity index (χ1n) is 6.81. The standard InChI is InChI=1S/C14H20N6O/c1-8(2)16-13(21)9(3)17-12-10-6-4-5-7-11(10)18-14(19-12)20-15/h4-9H,15H2,1-3H3,(H,16,21)(H2,17,18,19,20). The zero-order valence-electron chi connectivity index (χ0n) is 12.3. The van der Waals surface area contributed by atoms with Crippen molar-refractivity contribution in [3.05, 3.63) is 24.3 Å². The van der Waals surface area contributed by atoms with Crippen LogP contribution in [0.4, 0.5) is 11.8 Å². The highest BCUT2D eigenvalue weighted by molar-refractivity contribution is 5.92. The topological polar surface area (TPSA) is 105 Å². The number of aromatic nitrogens is 2. The number of carbonyl (C=O) groups excluding carboxylic acids is 1. The van der Waals surface area contributed by atoms with E-state index in [0.29, 0.717) is 11.8 Å². The van der Waals surface area contributed by atoms with E-state index < -0.39 is 6.04 Å². The molecule has 1 heterocycles. The second-order valence-electron chi connectivity index (χ2n) is 5.09. The summed E-state index contributed by atoms with van der Waals surface area (Å²) in [6.07, 6.45) is 0. The minimum atomic E-state index is -0.420. The monoisotopic (exact) mass is 288 g/mol. The molecule has 7 nitrogen and oxygen atoms in total. The lowest BCUT2D eigenvalue weighted by molar-refractivity contribution is -0.122. The van der Waals surface area contributed by atoms with Crippen molar-refractivity contribution in [1.82, 2.24) is 15.3 Å². The molecule has 0 saturated carbocycles. The Morgan fingerprint density at radius 1 is 1.19 bits per heavy atom. The van der Waals surface area contributed by atoms with Gasteiger partial charge in [-0.2, -0.15) is 4.98 Å². The molecule has 7 heteroatoms. The summed E-state index contributed by atoms with van der Waals surface area (Å²) in [5.41, 5.74) is 3.18. The van der Waals surface area contributed by atoms with Gasteiger partial charge in [0.05, 0.1) is 5.52 Å². The third kappa shape index (κ3) is 3.57. The van der Waals surface area contributed by atoms with Crippen LogP contribution in [0.5, 0.6) is 0 Å². The van der Waals surface area contributed by atoms with Gasteiger partial charge in [0.15, 0.2) is 0 Å². The Labute approximate surface area is 123 Å². The lowest BCUT2D eigenvalue weighted by atomic mass is 10.2. The van der Waals surface area contributed by atoms with Crippen LogP contribution in [0.25, 0.3) is 10.9 Å². The fourth-order valence-electron chi connectivity index (χ4n) is 1.93. The Morgan fingerprint density at radius 2 is 1.90 bits per heavy atom. The number of nitrogens with one attached hydrogen (secondary N) is 3. The van der Waals surface area contributed by atoms with Gasteiger partial charge in [-0.3, -0.25) is 10.2 Å². The highest BCUT2D eigenvalue weighted by Crippen LogP contribution is 2.22. The van der Waals surface area contributed by atoms with E-state index in [-0.39, 0.29) is 11.9 Å². The van der Waals surface area contributed by atoms with E-state index in [9.17, 15) is 4.79 Å². The summed E-state index contributed by atoms with van der Waals surface area (Å²) in [5.74, 6) is 6.16. The Balaban J connectivity index is 2.30. The highest BCUT2D eigenvalue weighted by Gasteiger charge is 2.16. The molecule has 2 aromatic rings. The number of benzene rings is 1. The van der Waals surface area contributed by atoms with Crippen molar-refractivity contribution in [1.29, 1.82) is 0 Å². The van der Waals surface area contributed by atoms with Crippen molar-refractivity contribution in [2.45, 2.75) is 32.9 Å². The van der Waals surface area contributed by atoms with Crippen LogP contribution in [0.1, 0.15) is 20.8 Å². The van der Waals surface area contributed by atoms with Crippen LogP contribution in [-0.4, -0.2) is 28.0 Å². The molecule has 1 aromatic heterocycles. The molecule has 0 spiro atoms. The summed E-state index contributed by atoms with van der Waals surface area (Å²) in [5, 5.41) is 6.79. The van der Waals surface area contributed by atoms with Gasteiger partial charge in [0.2, 0.25) is 11.9 Å². The predicted molar refractivity (Wildman–Crippen MR) is 83.7 cm³/mol. The Morgan fingerprint density at radius 3 is 2.57 bits per heavy atom. The first kappa shape index (κ1) is 15.0. The lowest BCUT2D eigenvalue weighted by Crippen LogP contribution is -2.41. The second-order valence-corrected chi connectivity index (χ2v) is 5.09. The van der Waals surface area contributed by atoms with Crippen LogP contribution in [0.3, 0.4) is 0 Å². The van der Waals surface area contributed by atoms with E-state index >= 15 is 0 Å². The maximum absolute atomic E-state index is 12.0. The van der Waals surface area contributed by atoms with Crippen molar-refractivity contribution in [2.24, 2.45) is 5.84 Å². The number of hydrogen-bond acceptors (Lipinski definition) is 6. The Kier molecular flexibility index (Phi) is 4.54. The molecule has 0 saturated heterocycles. The molecule has 0 radical (unpaired) electrons. The predicted octanol–water partition coefficient (Wildman–Crippen LogP) is 1.24. The number of nitrogen functional groups attached to an aromatic ring is 1. The molecular formula is C14H20N6O. The van der Waals surface area contributed by atoms with Crippen LogP contribution >= 0.6 is 0 Å². The first-order valence-corrected chi connectivity index (χ1v) is 6.81. The van der Waals surface area contributed by atoms with Gasteiger partial charge in [0.25, 0.3) is 0 Å². The van der Waals surface area contributed by atoms with Crippen molar-refractivity contribution < 1.29 is 4.79 Å². The van der Waals surface area contributed by atoms with Crippen LogP contribution in [0, 0.1) is 0 Å². The number of hydrazine groups is 1. The molecule has 2 rings (SSSR count). The molecule has 0 aliphatic heterocycles. The first-order chi connectivity index (χ1) is 10.0. The summed E-state index contributed by atoms with van der Waals surface area (Å²) in [7, 11) is 0. The smallest absolute Gasteiger partial charge is 0.242 e. The van der Waals surface area contributed by atoms with Crippen LogP contribution in [0.15, 0.2) is 24.3 Å². The average Bonchev–Trinajstić information content (AvgIpc) is 2.46. The fraction of sp³-hybridized carbons (Fsp3) is 0.357. The van der Waals surface area contributed by atoms with Gasteiger partial charge in [-0.25, -0.2) is 10.8 Å². The molecule has 0 bridgehead atoms. The van der Waals surface area contributed by atoms with Gasteiger partial charge in [-0.15, -0.1) is 0 Å². The van der Waals surface area contributed by atoms with Crippen molar-refractivity contribution in [3.8, 4) is 0 Å². The second kappa shape index (κ2) is 6.36. The maximum atomic E-state index is 12.0. The third-order valence-electron chi connectivity index (χ3n) is 2.91. The summed E-state index contributed by atoms with van der Waals surface area (Å²) in [6.45, 7) is 5.62. The number of hydrogen-bond donors (Lipinski definition) is 4. The summed E-state index contributed by atoms with van der Waals surface area (Å²) in [6, 6.07) is 7.20. The quantitative estimate of drug-likeness (QED) is 0.487. The highest BCUT2D eigenvalue weighted by atomic mass is 16.2. The largest absolute Gasteiger partial charge is 0.358 e. The summed E-state index contributed by atoms with van der Waals surface area (Å²) in [4.78, 5) is 20.5. The molecule has 1 aromatic carbocycles. The number of rotatable bonds is 5. The van der Waals surface area contributed by atoms with Crippen molar-refractivity contribution >= 4 is 28.6 Å². The lowest BCUT2D eigenvalue weighted by Gasteiger charge is -2.17. The van der Waals surface area contributed by atoms with Crippen LogP contribution < -0.4 is 21.9 Å². The van der Waals surface area contributed by atoms with Crippen molar-refractivity contribution in [3.63, 3.8) is 0 Å². The number of amides is 1. The van der Waals surface area contributed by atoms with E-state index in [0.717, 1.165) is 10.9 Å². The molecular weight excluding hydrogens is 268 g/mol. The van der Waals surface area contributed by atoms with E-state index in [2.05, 4.69) is 26.0 Å². The minimum absolute atomic E-state index is 0.0880. The molecule has 0 aliphatic carbocycles. The molecule has 0 fully saturated rings. The molecule has 1 atom stereocenters. The van der Waals surface area contributed by atoms with Crippen LogP contribution in [0.2, 0.25) is 0 Å². The van der Waals surface area contributed by atoms with Gasteiger partial charge in [0.1, 0.15) is 11.9 Å². The number of fused-ring (bicyclic) bond motifs is 1. The molecule has 1 amide bonds. The van der Waals surface area contributed by atoms with Gasteiger partial charge < -0.3 is 10.6 Å². The average molecular weight is 288 g/mol. The zero-order valence-corrected chi connectivity index (χ0v) is 12.3. The molecule has 5 N–H and O–H groups in total. The Hall–Kier alpha value is -2.41.